The zero-order chi connectivity index (χ0) is 19.9. The molecule has 1 aromatic heterocycles. The highest BCUT2D eigenvalue weighted by atomic mass is 32.1. The third kappa shape index (κ3) is 5.94. The van der Waals surface area contributed by atoms with Gasteiger partial charge < -0.3 is 14.8 Å². The van der Waals surface area contributed by atoms with Crippen LogP contribution in [0.15, 0.2) is 23.6 Å². The average molecular weight is 404 g/mol. The van der Waals surface area contributed by atoms with Crippen LogP contribution >= 0.6 is 11.3 Å². The number of hydrogen-bond donors (Lipinski definition) is 1. The van der Waals surface area contributed by atoms with E-state index in [1.54, 1.807) is 14.2 Å². The number of rotatable bonds is 8. The largest absolute Gasteiger partial charge is 0.497 e. The number of aromatic nitrogens is 1. The number of likely N-dealkylation sites (tertiary alicyclic amines) is 1. The number of methoxy groups -OCH3 is 2. The molecule has 3 rings (SSSR count). The van der Waals surface area contributed by atoms with Gasteiger partial charge in [0.1, 0.15) is 11.5 Å². The zero-order valence-electron chi connectivity index (χ0n) is 16.9. The van der Waals surface area contributed by atoms with Gasteiger partial charge in [0.25, 0.3) is 0 Å². The maximum Gasteiger partial charge on any atom is 0.226 e. The summed E-state index contributed by atoms with van der Waals surface area (Å²) in [6, 6.07) is 5.68. The number of thiazole rings is 1. The first-order valence-corrected chi connectivity index (χ1v) is 10.6. The first-order chi connectivity index (χ1) is 13.6. The molecule has 1 aliphatic rings. The highest BCUT2D eigenvalue weighted by molar-refractivity contribution is 7.13. The average Bonchev–Trinajstić information content (AvgIpc) is 3.12. The van der Waals surface area contributed by atoms with E-state index >= 15 is 0 Å². The lowest BCUT2D eigenvalue weighted by Crippen LogP contribution is -2.33. The molecule has 7 heteroatoms. The molecule has 1 N–H and O–H groups in total. The number of amides is 1. The third-order valence-corrected chi connectivity index (χ3v) is 5.78. The molecule has 0 bridgehead atoms. The second kappa shape index (κ2) is 9.89. The third-order valence-electron chi connectivity index (χ3n) is 4.98. The van der Waals surface area contributed by atoms with Crippen molar-refractivity contribution < 1.29 is 14.3 Å². The minimum Gasteiger partial charge on any atom is -0.497 e. The van der Waals surface area contributed by atoms with E-state index in [-0.39, 0.29) is 5.91 Å². The smallest absolute Gasteiger partial charge is 0.226 e. The van der Waals surface area contributed by atoms with E-state index in [1.807, 2.05) is 23.6 Å². The van der Waals surface area contributed by atoms with Crippen LogP contribution in [0.2, 0.25) is 0 Å². The SMILES string of the molecule is COc1cc(CCC(=O)Nc2nc(CN3CCCC(C)C3)cs2)cc(OC)c1. The lowest BCUT2D eigenvalue weighted by Gasteiger charge is -2.30. The van der Waals surface area contributed by atoms with Crippen LogP contribution in [0.5, 0.6) is 11.5 Å². The van der Waals surface area contributed by atoms with Crippen LogP contribution in [0.4, 0.5) is 5.13 Å². The van der Waals surface area contributed by atoms with Gasteiger partial charge >= 0.3 is 0 Å². The monoisotopic (exact) mass is 403 g/mol. The van der Waals surface area contributed by atoms with Crippen molar-refractivity contribution >= 4 is 22.4 Å². The van der Waals surface area contributed by atoms with Gasteiger partial charge in [0.15, 0.2) is 5.13 Å². The summed E-state index contributed by atoms with van der Waals surface area (Å²) in [5, 5.41) is 5.64. The molecule has 1 aromatic carbocycles. The standard InChI is InChI=1S/C21H29N3O3S/c1-15-5-4-8-24(12-15)13-17-14-28-21(22-17)23-20(25)7-6-16-9-18(26-2)11-19(10-16)27-3/h9-11,14-15H,4-8,12-13H2,1-3H3,(H,22,23,25). The Bertz CT molecular complexity index is 771. The molecule has 1 saturated heterocycles. The molecule has 1 unspecified atom stereocenters. The van der Waals surface area contributed by atoms with Crippen LogP contribution in [0.1, 0.15) is 37.4 Å². The molecule has 1 amide bonds. The number of ether oxygens (including phenoxy) is 2. The molecule has 1 aliphatic heterocycles. The fourth-order valence-electron chi connectivity index (χ4n) is 3.55. The van der Waals surface area contributed by atoms with Crippen LogP contribution in [-0.4, -0.2) is 43.1 Å². The van der Waals surface area contributed by atoms with Crippen molar-refractivity contribution in [3.05, 3.63) is 34.8 Å². The van der Waals surface area contributed by atoms with Crippen molar-refractivity contribution in [1.82, 2.24) is 9.88 Å². The van der Waals surface area contributed by atoms with Crippen molar-refractivity contribution in [2.45, 2.75) is 39.2 Å². The summed E-state index contributed by atoms with van der Waals surface area (Å²) in [6.45, 7) is 5.42. The maximum atomic E-state index is 12.3. The van der Waals surface area contributed by atoms with Gasteiger partial charge in [-0.05, 0) is 49.4 Å². The topological polar surface area (TPSA) is 63.7 Å². The van der Waals surface area contributed by atoms with Crippen LogP contribution in [0.3, 0.4) is 0 Å². The Morgan fingerprint density at radius 1 is 1.29 bits per heavy atom. The molecule has 1 atom stereocenters. The zero-order valence-corrected chi connectivity index (χ0v) is 17.7. The second-order valence-electron chi connectivity index (χ2n) is 7.40. The molecular weight excluding hydrogens is 374 g/mol. The van der Waals surface area contributed by atoms with E-state index in [0.717, 1.165) is 48.3 Å². The molecule has 28 heavy (non-hydrogen) atoms. The first kappa shape index (κ1) is 20.6. The van der Waals surface area contributed by atoms with Gasteiger partial charge in [0, 0.05) is 31.0 Å². The van der Waals surface area contributed by atoms with Crippen molar-refractivity contribution in [2.75, 3.05) is 32.6 Å². The van der Waals surface area contributed by atoms with E-state index in [4.69, 9.17) is 9.47 Å². The maximum absolute atomic E-state index is 12.3. The van der Waals surface area contributed by atoms with Crippen LogP contribution < -0.4 is 14.8 Å². The van der Waals surface area contributed by atoms with E-state index in [1.165, 1.54) is 24.2 Å². The summed E-state index contributed by atoms with van der Waals surface area (Å²) < 4.78 is 10.6. The molecule has 0 spiro atoms. The lowest BCUT2D eigenvalue weighted by molar-refractivity contribution is -0.116. The predicted octanol–water partition coefficient (Wildman–Crippen LogP) is 3.96. The normalized spacial score (nSPS) is 17.3. The summed E-state index contributed by atoms with van der Waals surface area (Å²) in [6.07, 6.45) is 3.57. The number of carbonyl (C=O) groups is 1. The number of benzene rings is 1. The number of piperidine rings is 1. The Kier molecular flexibility index (Phi) is 7.28. The molecular formula is C21H29N3O3S. The first-order valence-electron chi connectivity index (χ1n) is 9.74. The van der Waals surface area contributed by atoms with Gasteiger partial charge in [-0.15, -0.1) is 11.3 Å². The van der Waals surface area contributed by atoms with Gasteiger partial charge in [-0.2, -0.15) is 0 Å². The molecule has 0 saturated carbocycles. The van der Waals surface area contributed by atoms with Crippen molar-refractivity contribution in [3.63, 3.8) is 0 Å². The number of aryl methyl sites for hydroxylation is 1. The van der Waals surface area contributed by atoms with E-state index in [0.29, 0.717) is 18.0 Å². The predicted molar refractivity (Wildman–Crippen MR) is 112 cm³/mol. The van der Waals surface area contributed by atoms with Crippen molar-refractivity contribution in [3.8, 4) is 11.5 Å². The number of carbonyl (C=O) groups excluding carboxylic acids is 1. The summed E-state index contributed by atoms with van der Waals surface area (Å²) in [7, 11) is 3.24. The van der Waals surface area contributed by atoms with Gasteiger partial charge in [0.05, 0.1) is 19.9 Å². The molecule has 0 radical (unpaired) electrons. The fraction of sp³-hybridized carbons (Fsp3) is 0.524. The molecule has 6 nitrogen and oxygen atoms in total. The van der Waals surface area contributed by atoms with Gasteiger partial charge in [-0.25, -0.2) is 4.98 Å². The van der Waals surface area contributed by atoms with Crippen molar-refractivity contribution in [2.24, 2.45) is 5.92 Å². The van der Waals surface area contributed by atoms with Gasteiger partial charge in [0.2, 0.25) is 5.91 Å². The van der Waals surface area contributed by atoms with Gasteiger partial charge in [-0.3, -0.25) is 9.69 Å². The van der Waals surface area contributed by atoms with E-state index < -0.39 is 0 Å². The van der Waals surface area contributed by atoms with Crippen LogP contribution in [0, 0.1) is 5.92 Å². The van der Waals surface area contributed by atoms with E-state index in [2.05, 4.69) is 22.1 Å². The quantitative estimate of drug-likeness (QED) is 0.723. The Hall–Kier alpha value is -2.12. The van der Waals surface area contributed by atoms with Crippen molar-refractivity contribution in [1.29, 1.82) is 0 Å². The van der Waals surface area contributed by atoms with Gasteiger partial charge in [-0.1, -0.05) is 6.92 Å². The molecule has 2 heterocycles. The fourth-order valence-corrected chi connectivity index (χ4v) is 4.26. The Labute approximate surface area is 170 Å². The number of anilines is 1. The molecule has 152 valence electrons. The van der Waals surface area contributed by atoms with E-state index in [9.17, 15) is 4.79 Å². The number of hydrogen-bond acceptors (Lipinski definition) is 6. The summed E-state index contributed by atoms with van der Waals surface area (Å²) in [5.74, 6) is 2.17. The minimum atomic E-state index is -0.0331. The summed E-state index contributed by atoms with van der Waals surface area (Å²) in [4.78, 5) is 19.4. The molecule has 2 aromatic rings. The number of nitrogens with zero attached hydrogens (tertiary/aromatic N) is 2. The summed E-state index contributed by atoms with van der Waals surface area (Å²) in [5.41, 5.74) is 2.04. The van der Waals surface area contributed by atoms with Crippen LogP contribution in [-0.2, 0) is 17.8 Å². The highest BCUT2D eigenvalue weighted by Crippen LogP contribution is 2.24. The molecule has 1 fully saturated rings. The summed E-state index contributed by atoms with van der Waals surface area (Å²) >= 11 is 1.49. The Morgan fingerprint density at radius 2 is 2.04 bits per heavy atom. The second-order valence-corrected chi connectivity index (χ2v) is 8.25. The minimum absolute atomic E-state index is 0.0331. The van der Waals surface area contributed by atoms with Crippen LogP contribution in [0.25, 0.3) is 0 Å². The molecule has 0 aliphatic carbocycles. The lowest BCUT2D eigenvalue weighted by atomic mass is 10.0. The highest BCUT2D eigenvalue weighted by Gasteiger charge is 2.17. The Balaban J connectivity index is 1.49. The Morgan fingerprint density at radius 3 is 2.71 bits per heavy atom. The number of nitrogens with one attached hydrogen (secondary N) is 1.